The Bertz CT molecular complexity index is 1450. The third-order valence-corrected chi connectivity index (χ3v) is 5.62. The molecular weight excluding hydrogens is 452 g/mol. The van der Waals surface area contributed by atoms with Gasteiger partial charge < -0.3 is 18.8 Å². The Morgan fingerprint density at radius 2 is 1.66 bits per heavy atom. The molecule has 0 N–H and O–H groups in total. The molecule has 0 saturated carbocycles. The van der Waals surface area contributed by atoms with Gasteiger partial charge in [-0.25, -0.2) is 0 Å². The maximum atomic E-state index is 13.2. The maximum Gasteiger partial charge on any atom is 0.273 e. The molecule has 2 heterocycles. The fourth-order valence-corrected chi connectivity index (χ4v) is 4.02. The molecule has 0 saturated heterocycles. The van der Waals surface area contributed by atoms with Gasteiger partial charge in [-0.3, -0.25) is 19.5 Å². The topological polar surface area (TPSA) is 122 Å². The van der Waals surface area contributed by atoms with Crippen LogP contribution in [0.2, 0.25) is 0 Å². The SMILES string of the molecule is COCCOCCOCCn1c2ccccc2c2c1cc(C#N)c(=O)n2-c1ccc([N+](=O)[O-])cc1. The summed E-state index contributed by atoms with van der Waals surface area (Å²) >= 11 is 0. The predicted molar refractivity (Wildman–Crippen MR) is 130 cm³/mol. The van der Waals surface area contributed by atoms with Crippen LogP contribution in [0.25, 0.3) is 27.6 Å². The first-order valence-electron chi connectivity index (χ1n) is 11.0. The third kappa shape index (κ3) is 4.93. The number of hydrogen-bond donors (Lipinski definition) is 0. The summed E-state index contributed by atoms with van der Waals surface area (Å²) in [6.07, 6.45) is 0. The van der Waals surface area contributed by atoms with Crippen LogP contribution in [0, 0.1) is 21.4 Å². The average molecular weight is 476 g/mol. The smallest absolute Gasteiger partial charge is 0.273 e. The number of nitrogens with zero attached hydrogens (tertiary/aromatic N) is 4. The Balaban J connectivity index is 1.75. The second-order valence-corrected chi connectivity index (χ2v) is 7.70. The highest BCUT2D eigenvalue weighted by Gasteiger charge is 2.19. The van der Waals surface area contributed by atoms with E-state index in [1.807, 2.05) is 34.9 Å². The molecule has 0 fully saturated rings. The number of nitriles is 1. The fraction of sp³-hybridized carbons (Fsp3) is 0.280. The Kier molecular flexibility index (Phi) is 7.52. The van der Waals surface area contributed by atoms with E-state index in [4.69, 9.17) is 14.2 Å². The zero-order valence-corrected chi connectivity index (χ0v) is 19.2. The lowest BCUT2D eigenvalue weighted by molar-refractivity contribution is -0.384. The van der Waals surface area contributed by atoms with Crippen molar-refractivity contribution < 1.29 is 19.1 Å². The lowest BCUT2D eigenvalue weighted by Crippen LogP contribution is -2.21. The van der Waals surface area contributed by atoms with Crippen LogP contribution in [0.15, 0.2) is 59.4 Å². The second kappa shape index (κ2) is 10.9. The summed E-state index contributed by atoms with van der Waals surface area (Å²) in [5.74, 6) is 0. The average Bonchev–Trinajstić information content (AvgIpc) is 3.18. The summed E-state index contributed by atoms with van der Waals surface area (Å²) in [6.45, 7) is 2.81. The summed E-state index contributed by atoms with van der Waals surface area (Å²) in [5, 5.41) is 21.6. The number of para-hydroxylation sites is 1. The van der Waals surface area contributed by atoms with Crippen molar-refractivity contribution in [2.45, 2.75) is 6.54 Å². The number of methoxy groups -OCH3 is 1. The lowest BCUT2D eigenvalue weighted by atomic mass is 10.2. The molecule has 4 aromatic rings. The zero-order chi connectivity index (χ0) is 24.8. The van der Waals surface area contributed by atoms with E-state index in [0.29, 0.717) is 56.3 Å². The van der Waals surface area contributed by atoms with Gasteiger partial charge in [0.05, 0.1) is 54.5 Å². The Hall–Kier alpha value is -4.04. The van der Waals surface area contributed by atoms with E-state index in [0.717, 1.165) is 10.9 Å². The van der Waals surface area contributed by atoms with Gasteiger partial charge in [-0.1, -0.05) is 18.2 Å². The monoisotopic (exact) mass is 476 g/mol. The molecule has 2 aromatic heterocycles. The molecule has 0 unspecified atom stereocenters. The number of rotatable bonds is 11. The van der Waals surface area contributed by atoms with Crippen LogP contribution in [0.4, 0.5) is 5.69 Å². The molecule has 0 aliphatic heterocycles. The Labute approximate surface area is 200 Å². The molecule has 0 aliphatic carbocycles. The van der Waals surface area contributed by atoms with E-state index < -0.39 is 10.5 Å². The van der Waals surface area contributed by atoms with Gasteiger partial charge in [0, 0.05) is 36.9 Å². The molecule has 4 rings (SSSR count). The molecule has 0 aliphatic rings. The number of non-ortho nitro benzene ring substituents is 1. The molecule has 35 heavy (non-hydrogen) atoms. The van der Waals surface area contributed by atoms with Gasteiger partial charge in [-0.05, 0) is 24.3 Å². The van der Waals surface area contributed by atoms with Crippen molar-refractivity contribution in [3.05, 3.63) is 80.6 Å². The molecule has 180 valence electrons. The third-order valence-electron chi connectivity index (χ3n) is 5.62. The molecule has 10 nitrogen and oxygen atoms in total. The number of aromatic nitrogens is 2. The van der Waals surface area contributed by atoms with Crippen LogP contribution < -0.4 is 5.56 Å². The first-order chi connectivity index (χ1) is 17.1. The van der Waals surface area contributed by atoms with Gasteiger partial charge in [-0.2, -0.15) is 5.26 Å². The minimum Gasteiger partial charge on any atom is -0.382 e. The molecule has 2 aromatic carbocycles. The minimum atomic E-state index is -0.498. The predicted octanol–water partition coefficient (Wildman–Crippen LogP) is 3.40. The minimum absolute atomic E-state index is 0.0210. The summed E-state index contributed by atoms with van der Waals surface area (Å²) in [7, 11) is 1.62. The van der Waals surface area contributed by atoms with Gasteiger partial charge in [0.2, 0.25) is 0 Å². The van der Waals surface area contributed by atoms with Gasteiger partial charge in [0.15, 0.2) is 0 Å². The van der Waals surface area contributed by atoms with E-state index in [9.17, 15) is 20.2 Å². The van der Waals surface area contributed by atoms with Crippen LogP contribution in [-0.4, -0.2) is 54.2 Å². The lowest BCUT2D eigenvalue weighted by Gasteiger charge is -2.11. The number of benzene rings is 2. The Morgan fingerprint density at radius 1 is 0.971 bits per heavy atom. The van der Waals surface area contributed by atoms with Crippen molar-refractivity contribution >= 4 is 27.6 Å². The van der Waals surface area contributed by atoms with Crippen LogP contribution in [0.5, 0.6) is 0 Å². The van der Waals surface area contributed by atoms with E-state index in [2.05, 4.69) is 0 Å². The van der Waals surface area contributed by atoms with Crippen molar-refractivity contribution in [1.29, 1.82) is 5.26 Å². The Morgan fingerprint density at radius 3 is 2.34 bits per heavy atom. The molecule has 0 amide bonds. The van der Waals surface area contributed by atoms with E-state index in [1.165, 1.54) is 28.8 Å². The van der Waals surface area contributed by atoms with E-state index >= 15 is 0 Å². The van der Waals surface area contributed by atoms with Gasteiger partial charge in [0.1, 0.15) is 11.6 Å². The van der Waals surface area contributed by atoms with Crippen LogP contribution >= 0.6 is 0 Å². The number of nitro groups is 1. The van der Waals surface area contributed by atoms with Crippen molar-refractivity contribution in [2.24, 2.45) is 0 Å². The van der Waals surface area contributed by atoms with Gasteiger partial charge >= 0.3 is 0 Å². The number of nitro benzene ring substituents is 1. The van der Waals surface area contributed by atoms with Crippen LogP contribution in [-0.2, 0) is 20.8 Å². The van der Waals surface area contributed by atoms with Crippen molar-refractivity contribution in [1.82, 2.24) is 9.13 Å². The summed E-state index contributed by atoms with van der Waals surface area (Å²) in [4.78, 5) is 23.8. The first kappa shape index (κ1) is 24.1. The van der Waals surface area contributed by atoms with Crippen molar-refractivity contribution in [3.8, 4) is 11.8 Å². The first-order valence-corrected chi connectivity index (χ1v) is 11.0. The quantitative estimate of drug-likeness (QED) is 0.185. The summed E-state index contributed by atoms with van der Waals surface area (Å²) in [5.41, 5.74) is 2.05. The molecule has 0 spiro atoms. The fourth-order valence-electron chi connectivity index (χ4n) is 4.02. The van der Waals surface area contributed by atoms with E-state index in [1.54, 1.807) is 13.2 Å². The van der Waals surface area contributed by atoms with Crippen molar-refractivity contribution in [3.63, 3.8) is 0 Å². The summed E-state index contributed by atoms with van der Waals surface area (Å²) in [6, 6.07) is 16.9. The van der Waals surface area contributed by atoms with Gasteiger partial charge in [0.25, 0.3) is 11.2 Å². The van der Waals surface area contributed by atoms with E-state index in [-0.39, 0.29) is 11.3 Å². The number of pyridine rings is 1. The van der Waals surface area contributed by atoms with Crippen LogP contribution in [0.3, 0.4) is 0 Å². The molecule has 0 bridgehead atoms. The highest BCUT2D eigenvalue weighted by atomic mass is 16.6. The molecular formula is C25H24N4O6. The zero-order valence-electron chi connectivity index (χ0n) is 19.2. The maximum absolute atomic E-state index is 13.2. The second-order valence-electron chi connectivity index (χ2n) is 7.70. The standard InChI is InChI=1S/C25H24N4O6/c1-33-12-13-35-15-14-34-11-10-27-22-5-3-2-4-21(22)24-23(27)16-18(17-26)25(30)28(24)19-6-8-20(9-7-19)29(31)32/h2-9,16H,10-15H2,1H3. The molecule has 0 atom stereocenters. The number of ether oxygens (including phenoxy) is 3. The van der Waals surface area contributed by atoms with Crippen LogP contribution in [0.1, 0.15) is 5.56 Å². The highest BCUT2D eigenvalue weighted by Crippen LogP contribution is 2.30. The molecule has 10 heteroatoms. The molecule has 0 radical (unpaired) electrons. The normalized spacial score (nSPS) is 11.2. The van der Waals surface area contributed by atoms with Gasteiger partial charge in [-0.15, -0.1) is 0 Å². The summed E-state index contributed by atoms with van der Waals surface area (Å²) < 4.78 is 19.5. The highest BCUT2D eigenvalue weighted by molar-refractivity contribution is 6.07. The number of hydrogen-bond acceptors (Lipinski definition) is 7. The number of fused-ring (bicyclic) bond motifs is 3. The largest absolute Gasteiger partial charge is 0.382 e. The van der Waals surface area contributed by atoms with Crippen molar-refractivity contribution in [2.75, 3.05) is 40.1 Å².